The van der Waals surface area contributed by atoms with Crippen molar-refractivity contribution in [3.05, 3.63) is 35.9 Å². The van der Waals surface area contributed by atoms with Gasteiger partial charge in [0.1, 0.15) is 5.75 Å². The largest absolute Gasteiger partial charge is 0.497 e. The highest BCUT2D eigenvalue weighted by Crippen LogP contribution is 2.20. The molecule has 1 heterocycles. The lowest BCUT2D eigenvalue weighted by molar-refractivity contribution is -0.127. The molecule has 0 unspecified atom stereocenters. The van der Waals surface area contributed by atoms with Gasteiger partial charge < -0.3 is 14.7 Å². The van der Waals surface area contributed by atoms with E-state index in [0.29, 0.717) is 5.92 Å². The van der Waals surface area contributed by atoms with Gasteiger partial charge in [-0.1, -0.05) is 12.1 Å². The van der Waals surface area contributed by atoms with Gasteiger partial charge in [-0.2, -0.15) is 0 Å². The molecule has 1 aliphatic rings. The number of allylic oxidation sites excluding steroid dienone is 1. The smallest absolute Gasteiger partial charge is 0.246 e. The maximum Gasteiger partial charge on any atom is 0.246 e. The van der Waals surface area contributed by atoms with Crippen LogP contribution in [-0.4, -0.2) is 42.7 Å². The number of carbonyl (C=O) groups excluding carboxylic acids is 1. The van der Waals surface area contributed by atoms with Crippen molar-refractivity contribution in [3.63, 3.8) is 0 Å². The highest BCUT2D eigenvalue weighted by Gasteiger charge is 2.21. The first-order valence-electron chi connectivity index (χ1n) is 7.36. The number of amides is 1. The molecule has 1 fully saturated rings. The van der Waals surface area contributed by atoms with Gasteiger partial charge in [0.15, 0.2) is 0 Å². The van der Waals surface area contributed by atoms with Gasteiger partial charge in [0.25, 0.3) is 0 Å². The number of benzene rings is 1. The monoisotopic (exact) mass is 289 g/mol. The van der Waals surface area contributed by atoms with Crippen LogP contribution in [0.5, 0.6) is 5.75 Å². The van der Waals surface area contributed by atoms with Crippen molar-refractivity contribution in [2.24, 2.45) is 5.92 Å². The van der Waals surface area contributed by atoms with Crippen LogP contribution in [0.3, 0.4) is 0 Å². The van der Waals surface area contributed by atoms with Crippen LogP contribution >= 0.6 is 0 Å². The van der Waals surface area contributed by atoms with Crippen LogP contribution in [0.15, 0.2) is 30.3 Å². The normalized spacial score (nSPS) is 16.9. The molecule has 0 spiro atoms. The first-order chi connectivity index (χ1) is 10.1. The lowest BCUT2D eigenvalue weighted by Gasteiger charge is -2.30. The number of aliphatic hydroxyl groups excluding tert-OH is 1. The van der Waals surface area contributed by atoms with E-state index in [1.54, 1.807) is 13.2 Å². The Hall–Kier alpha value is -1.81. The molecule has 4 heteroatoms. The zero-order valence-electron chi connectivity index (χ0n) is 12.7. The van der Waals surface area contributed by atoms with Gasteiger partial charge in [-0.3, -0.25) is 4.79 Å². The number of carbonyl (C=O) groups is 1. The van der Waals surface area contributed by atoms with Gasteiger partial charge in [-0.15, -0.1) is 0 Å². The van der Waals surface area contributed by atoms with Crippen LogP contribution in [0.1, 0.15) is 25.3 Å². The molecule has 0 aliphatic carbocycles. The Bertz CT molecular complexity index is 499. The molecule has 0 bridgehead atoms. The van der Waals surface area contributed by atoms with E-state index in [2.05, 4.69) is 0 Å². The standard InChI is InChI=1S/C17H23NO3/c1-13(15-3-5-16(21-2)6-4-15)11-17(20)18-9-7-14(12-19)8-10-18/h3-6,11,14,19H,7-10,12H2,1-2H3/b13-11+. The summed E-state index contributed by atoms with van der Waals surface area (Å²) in [5.41, 5.74) is 1.97. The summed E-state index contributed by atoms with van der Waals surface area (Å²) in [7, 11) is 1.64. The number of hydrogen-bond acceptors (Lipinski definition) is 3. The van der Waals surface area contributed by atoms with Crippen molar-refractivity contribution in [1.82, 2.24) is 4.90 Å². The summed E-state index contributed by atoms with van der Waals surface area (Å²) >= 11 is 0. The molecule has 2 rings (SSSR count). The van der Waals surface area contributed by atoms with E-state index >= 15 is 0 Å². The molecule has 0 saturated carbocycles. The Morgan fingerprint density at radius 1 is 1.33 bits per heavy atom. The maximum absolute atomic E-state index is 12.3. The van der Waals surface area contributed by atoms with Crippen molar-refractivity contribution in [1.29, 1.82) is 0 Å². The topological polar surface area (TPSA) is 49.8 Å². The molecule has 1 amide bonds. The third kappa shape index (κ3) is 4.08. The van der Waals surface area contributed by atoms with Crippen molar-refractivity contribution < 1.29 is 14.6 Å². The van der Waals surface area contributed by atoms with Gasteiger partial charge in [0, 0.05) is 25.8 Å². The van der Waals surface area contributed by atoms with E-state index in [9.17, 15) is 4.79 Å². The first kappa shape index (κ1) is 15.6. The molecule has 1 saturated heterocycles. The third-order valence-corrected chi connectivity index (χ3v) is 4.07. The lowest BCUT2D eigenvalue weighted by Crippen LogP contribution is -2.38. The summed E-state index contributed by atoms with van der Waals surface area (Å²) in [4.78, 5) is 14.1. The number of likely N-dealkylation sites (tertiary alicyclic amines) is 1. The van der Waals surface area contributed by atoms with Crippen LogP contribution in [0.2, 0.25) is 0 Å². The van der Waals surface area contributed by atoms with E-state index in [4.69, 9.17) is 9.84 Å². The fourth-order valence-corrected chi connectivity index (χ4v) is 2.55. The summed E-state index contributed by atoms with van der Waals surface area (Å²) < 4.78 is 5.13. The van der Waals surface area contributed by atoms with Crippen molar-refractivity contribution in [2.45, 2.75) is 19.8 Å². The SMILES string of the molecule is COc1ccc(/C(C)=C/C(=O)N2CCC(CO)CC2)cc1. The van der Waals surface area contributed by atoms with E-state index in [-0.39, 0.29) is 12.5 Å². The van der Waals surface area contributed by atoms with Gasteiger partial charge in [-0.05, 0) is 49.0 Å². The van der Waals surface area contributed by atoms with Gasteiger partial charge in [-0.25, -0.2) is 0 Å². The number of nitrogens with zero attached hydrogens (tertiary/aromatic N) is 1. The van der Waals surface area contributed by atoms with Crippen molar-refractivity contribution in [2.75, 3.05) is 26.8 Å². The predicted molar refractivity (Wildman–Crippen MR) is 83.0 cm³/mol. The quantitative estimate of drug-likeness (QED) is 0.866. The molecule has 21 heavy (non-hydrogen) atoms. The Balaban J connectivity index is 1.99. The molecule has 0 radical (unpaired) electrons. The molecule has 1 aromatic rings. The highest BCUT2D eigenvalue weighted by molar-refractivity contribution is 5.94. The molecule has 114 valence electrons. The Labute approximate surface area is 126 Å². The summed E-state index contributed by atoms with van der Waals surface area (Å²) in [6, 6.07) is 7.69. The minimum absolute atomic E-state index is 0.0553. The fourth-order valence-electron chi connectivity index (χ4n) is 2.55. The molecule has 1 aliphatic heterocycles. The summed E-state index contributed by atoms with van der Waals surface area (Å²) in [6.45, 7) is 3.63. The summed E-state index contributed by atoms with van der Waals surface area (Å²) in [5.74, 6) is 1.21. The first-order valence-corrected chi connectivity index (χ1v) is 7.36. The van der Waals surface area contributed by atoms with Crippen molar-refractivity contribution in [3.8, 4) is 5.75 Å². The van der Waals surface area contributed by atoms with Gasteiger partial charge >= 0.3 is 0 Å². The molecule has 1 aromatic carbocycles. The third-order valence-electron chi connectivity index (χ3n) is 4.07. The molecule has 1 N–H and O–H groups in total. The van der Waals surface area contributed by atoms with E-state index in [0.717, 1.165) is 42.8 Å². The van der Waals surface area contributed by atoms with Crippen LogP contribution in [0.4, 0.5) is 0 Å². The number of ether oxygens (including phenoxy) is 1. The molecule has 0 aromatic heterocycles. The minimum Gasteiger partial charge on any atom is -0.497 e. The summed E-state index contributed by atoms with van der Waals surface area (Å²) in [5, 5.41) is 9.13. The Morgan fingerprint density at radius 3 is 2.48 bits per heavy atom. The zero-order valence-corrected chi connectivity index (χ0v) is 12.7. The van der Waals surface area contributed by atoms with Crippen LogP contribution in [-0.2, 0) is 4.79 Å². The van der Waals surface area contributed by atoms with Crippen LogP contribution in [0, 0.1) is 5.92 Å². The number of methoxy groups -OCH3 is 1. The zero-order chi connectivity index (χ0) is 15.2. The van der Waals surface area contributed by atoms with Crippen molar-refractivity contribution >= 4 is 11.5 Å². The molecule has 4 nitrogen and oxygen atoms in total. The number of piperidine rings is 1. The second kappa shape index (κ2) is 7.27. The highest BCUT2D eigenvalue weighted by atomic mass is 16.5. The number of aliphatic hydroxyl groups is 1. The number of hydrogen-bond donors (Lipinski definition) is 1. The molecular formula is C17H23NO3. The second-order valence-electron chi connectivity index (χ2n) is 5.51. The maximum atomic E-state index is 12.3. The van der Waals surface area contributed by atoms with E-state index < -0.39 is 0 Å². The Morgan fingerprint density at radius 2 is 1.95 bits per heavy atom. The molecule has 0 atom stereocenters. The van der Waals surface area contributed by atoms with Crippen LogP contribution < -0.4 is 4.74 Å². The second-order valence-corrected chi connectivity index (χ2v) is 5.51. The Kier molecular flexibility index (Phi) is 5.39. The lowest BCUT2D eigenvalue weighted by atomic mass is 9.97. The summed E-state index contributed by atoms with van der Waals surface area (Å²) in [6.07, 6.45) is 3.47. The fraction of sp³-hybridized carbons (Fsp3) is 0.471. The van der Waals surface area contributed by atoms with Crippen LogP contribution in [0.25, 0.3) is 5.57 Å². The van der Waals surface area contributed by atoms with E-state index in [1.807, 2.05) is 36.1 Å². The van der Waals surface area contributed by atoms with Gasteiger partial charge in [0.2, 0.25) is 5.91 Å². The number of rotatable bonds is 4. The van der Waals surface area contributed by atoms with Gasteiger partial charge in [0.05, 0.1) is 7.11 Å². The average Bonchev–Trinajstić information content (AvgIpc) is 2.55. The average molecular weight is 289 g/mol. The minimum atomic E-state index is 0.0553. The van der Waals surface area contributed by atoms with E-state index in [1.165, 1.54) is 0 Å². The molecular weight excluding hydrogens is 266 g/mol. The predicted octanol–water partition coefficient (Wildman–Crippen LogP) is 2.33.